The zero-order valence-electron chi connectivity index (χ0n) is 20.1. The Hall–Kier alpha value is -2.87. The molecule has 33 heavy (non-hydrogen) atoms. The van der Waals surface area contributed by atoms with Gasteiger partial charge in [-0.15, -0.1) is 0 Å². The second-order valence-corrected chi connectivity index (χ2v) is 10.3. The molecule has 2 atom stereocenters. The Labute approximate surface area is 197 Å². The number of anilines is 1. The van der Waals surface area contributed by atoms with Gasteiger partial charge in [0.2, 0.25) is 21.8 Å². The van der Waals surface area contributed by atoms with Crippen LogP contribution < -0.4 is 9.62 Å². The van der Waals surface area contributed by atoms with Crippen LogP contribution in [0.3, 0.4) is 0 Å². The number of rotatable bonds is 11. The molecule has 0 spiro atoms. The smallest absolute Gasteiger partial charge is 0.244 e. The highest BCUT2D eigenvalue weighted by atomic mass is 32.2. The van der Waals surface area contributed by atoms with Gasteiger partial charge in [-0.3, -0.25) is 13.9 Å². The Morgan fingerprint density at radius 1 is 1.00 bits per heavy atom. The van der Waals surface area contributed by atoms with Crippen molar-refractivity contribution in [2.75, 3.05) is 17.1 Å². The molecule has 0 saturated carbocycles. The van der Waals surface area contributed by atoms with E-state index in [9.17, 15) is 18.0 Å². The van der Waals surface area contributed by atoms with Crippen LogP contribution in [0.4, 0.5) is 5.69 Å². The number of carbonyl (C=O) groups is 2. The van der Waals surface area contributed by atoms with Gasteiger partial charge < -0.3 is 10.2 Å². The Morgan fingerprint density at radius 2 is 1.67 bits per heavy atom. The van der Waals surface area contributed by atoms with Gasteiger partial charge in [0.1, 0.15) is 12.6 Å². The molecule has 0 unspecified atom stereocenters. The third-order valence-electron chi connectivity index (χ3n) is 5.55. The molecular weight excluding hydrogens is 438 g/mol. The van der Waals surface area contributed by atoms with E-state index >= 15 is 0 Å². The van der Waals surface area contributed by atoms with Crippen molar-refractivity contribution in [2.24, 2.45) is 0 Å². The summed E-state index contributed by atoms with van der Waals surface area (Å²) in [6.07, 6.45) is 2.25. The van der Waals surface area contributed by atoms with Crippen LogP contribution in [0.5, 0.6) is 0 Å². The molecule has 0 bridgehead atoms. The second-order valence-electron chi connectivity index (χ2n) is 8.36. The van der Waals surface area contributed by atoms with E-state index in [1.165, 1.54) is 4.90 Å². The summed E-state index contributed by atoms with van der Waals surface area (Å²) in [6, 6.07) is 15.5. The van der Waals surface area contributed by atoms with E-state index in [1.54, 1.807) is 30.3 Å². The summed E-state index contributed by atoms with van der Waals surface area (Å²) < 4.78 is 26.1. The average molecular weight is 474 g/mol. The lowest BCUT2D eigenvalue weighted by molar-refractivity contribution is -0.140. The van der Waals surface area contributed by atoms with Crippen molar-refractivity contribution in [3.05, 3.63) is 65.7 Å². The van der Waals surface area contributed by atoms with Crippen LogP contribution in [0.2, 0.25) is 0 Å². The van der Waals surface area contributed by atoms with E-state index in [2.05, 4.69) is 5.32 Å². The molecule has 0 saturated heterocycles. The fourth-order valence-corrected chi connectivity index (χ4v) is 4.43. The number of hydrogen-bond donors (Lipinski definition) is 1. The highest BCUT2D eigenvalue weighted by Gasteiger charge is 2.32. The summed E-state index contributed by atoms with van der Waals surface area (Å²) in [4.78, 5) is 28.1. The average Bonchev–Trinajstić information content (AvgIpc) is 2.76. The minimum Gasteiger partial charge on any atom is -0.352 e. The van der Waals surface area contributed by atoms with Crippen LogP contribution in [0.25, 0.3) is 0 Å². The molecule has 2 amide bonds. The predicted octanol–water partition coefficient (Wildman–Crippen LogP) is 3.48. The van der Waals surface area contributed by atoms with Gasteiger partial charge in [-0.25, -0.2) is 8.42 Å². The lowest BCUT2D eigenvalue weighted by Crippen LogP contribution is -2.53. The molecular formula is C25H35N3O4S. The number of amides is 2. The number of nitrogens with one attached hydrogen (secondary N) is 1. The van der Waals surface area contributed by atoms with Crippen molar-refractivity contribution in [3.63, 3.8) is 0 Å². The van der Waals surface area contributed by atoms with E-state index in [4.69, 9.17) is 0 Å². The van der Waals surface area contributed by atoms with Gasteiger partial charge in [0.15, 0.2) is 0 Å². The quantitative estimate of drug-likeness (QED) is 0.541. The molecule has 0 aliphatic heterocycles. The molecule has 180 valence electrons. The highest BCUT2D eigenvalue weighted by Crippen LogP contribution is 2.19. The molecule has 0 aromatic heterocycles. The molecule has 0 heterocycles. The topological polar surface area (TPSA) is 86.8 Å². The summed E-state index contributed by atoms with van der Waals surface area (Å²) in [7, 11) is -3.72. The lowest BCUT2D eigenvalue weighted by atomic mass is 10.1. The van der Waals surface area contributed by atoms with E-state index < -0.39 is 22.0 Å². The minimum absolute atomic E-state index is 0.0284. The number of nitrogens with zero attached hydrogens (tertiary/aromatic N) is 2. The Balaban J connectivity index is 2.41. The van der Waals surface area contributed by atoms with Crippen LogP contribution in [0.1, 0.15) is 44.7 Å². The van der Waals surface area contributed by atoms with Crippen LogP contribution in [-0.4, -0.2) is 50.0 Å². The molecule has 2 aromatic rings. The first-order valence-corrected chi connectivity index (χ1v) is 13.1. The first-order chi connectivity index (χ1) is 15.6. The molecule has 2 aromatic carbocycles. The number of carbonyl (C=O) groups excluding carboxylic acids is 2. The zero-order chi connectivity index (χ0) is 24.6. The number of para-hydroxylation sites is 1. The van der Waals surface area contributed by atoms with Crippen molar-refractivity contribution in [2.45, 2.75) is 59.2 Å². The third kappa shape index (κ3) is 7.60. The summed E-state index contributed by atoms with van der Waals surface area (Å²) >= 11 is 0. The molecule has 0 fully saturated rings. The van der Waals surface area contributed by atoms with Crippen molar-refractivity contribution in [1.82, 2.24) is 10.2 Å². The first kappa shape index (κ1) is 26.4. The third-order valence-corrected chi connectivity index (χ3v) is 6.69. The van der Waals surface area contributed by atoms with Gasteiger partial charge in [0, 0.05) is 12.6 Å². The maximum absolute atomic E-state index is 13.6. The van der Waals surface area contributed by atoms with Gasteiger partial charge in [-0.2, -0.15) is 0 Å². The van der Waals surface area contributed by atoms with Crippen molar-refractivity contribution in [3.8, 4) is 0 Å². The summed E-state index contributed by atoms with van der Waals surface area (Å²) in [5.74, 6) is -0.671. The zero-order valence-corrected chi connectivity index (χ0v) is 20.9. The summed E-state index contributed by atoms with van der Waals surface area (Å²) in [5.41, 5.74) is 2.32. The van der Waals surface area contributed by atoms with Crippen LogP contribution in [-0.2, 0) is 26.2 Å². The molecule has 1 N–H and O–H groups in total. The molecule has 0 radical (unpaired) electrons. The summed E-state index contributed by atoms with van der Waals surface area (Å²) in [6.45, 7) is 7.52. The number of hydrogen-bond acceptors (Lipinski definition) is 4. The van der Waals surface area contributed by atoms with Crippen molar-refractivity contribution >= 4 is 27.5 Å². The molecule has 0 aliphatic rings. The van der Waals surface area contributed by atoms with Crippen molar-refractivity contribution < 1.29 is 18.0 Å². The lowest BCUT2D eigenvalue weighted by Gasteiger charge is -2.33. The molecule has 2 rings (SSSR count). The standard InChI is InChI=1S/C25H35N3O4S/c1-6-20(4)26-25(30)23(7-2)27(17-21-13-11-12-19(3)16-21)24(29)18-28(33(5,31)32)22-14-9-8-10-15-22/h8-16,20,23H,6-7,17-18H2,1-5H3,(H,26,30)/t20-,23-/m0/s1. The normalized spacial score (nSPS) is 13.1. The van der Waals surface area contributed by atoms with Crippen LogP contribution in [0, 0.1) is 6.92 Å². The van der Waals surface area contributed by atoms with Crippen LogP contribution >= 0.6 is 0 Å². The van der Waals surface area contributed by atoms with E-state index in [1.807, 2.05) is 52.0 Å². The van der Waals surface area contributed by atoms with Gasteiger partial charge >= 0.3 is 0 Å². The Morgan fingerprint density at radius 3 is 2.21 bits per heavy atom. The molecule has 0 aliphatic carbocycles. The first-order valence-electron chi connectivity index (χ1n) is 11.2. The number of benzene rings is 2. The number of sulfonamides is 1. The van der Waals surface area contributed by atoms with Crippen molar-refractivity contribution in [1.29, 1.82) is 0 Å². The largest absolute Gasteiger partial charge is 0.352 e. The Kier molecular flexibility index (Phi) is 9.46. The fourth-order valence-electron chi connectivity index (χ4n) is 3.58. The number of aryl methyl sites for hydroxylation is 1. The summed E-state index contributed by atoms with van der Waals surface area (Å²) in [5, 5.41) is 2.96. The van der Waals surface area contributed by atoms with Gasteiger partial charge in [-0.1, -0.05) is 61.9 Å². The van der Waals surface area contributed by atoms with E-state index in [0.717, 1.165) is 28.1 Å². The van der Waals surface area contributed by atoms with Gasteiger partial charge in [0.05, 0.1) is 11.9 Å². The van der Waals surface area contributed by atoms with Crippen LogP contribution in [0.15, 0.2) is 54.6 Å². The SMILES string of the molecule is CC[C@H](C)NC(=O)[C@H](CC)N(Cc1cccc(C)c1)C(=O)CN(c1ccccc1)S(C)(=O)=O. The molecule has 8 heteroatoms. The Bertz CT molecular complexity index is 1040. The minimum atomic E-state index is -3.72. The van der Waals surface area contributed by atoms with Gasteiger partial charge in [0.25, 0.3) is 0 Å². The van der Waals surface area contributed by atoms with E-state index in [-0.39, 0.29) is 25.0 Å². The maximum Gasteiger partial charge on any atom is 0.244 e. The van der Waals surface area contributed by atoms with Gasteiger partial charge in [-0.05, 0) is 44.4 Å². The monoisotopic (exact) mass is 473 g/mol. The maximum atomic E-state index is 13.6. The second kappa shape index (κ2) is 11.8. The highest BCUT2D eigenvalue weighted by molar-refractivity contribution is 7.92. The predicted molar refractivity (Wildman–Crippen MR) is 132 cm³/mol. The fraction of sp³-hybridized carbons (Fsp3) is 0.440. The van der Waals surface area contributed by atoms with E-state index in [0.29, 0.717) is 12.1 Å². The molecule has 7 nitrogen and oxygen atoms in total.